The van der Waals surface area contributed by atoms with Crippen LogP contribution in [0.25, 0.3) is 0 Å². The molecule has 22 heavy (non-hydrogen) atoms. The molecule has 0 saturated carbocycles. The zero-order valence-corrected chi connectivity index (χ0v) is 14.1. The molecule has 0 bridgehead atoms. The van der Waals surface area contributed by atoms with Gasteiger partial charge in [0.05, 0.1) is 5.69 Å². The third-order valence-corrected chi connectivity index (χ3v) is 4.26. The molecule has 1 heterocycles. The van der Waals surface area contributed by atoms with E-state index in [1.807, 2.05) is 43.9 Å². The van der Waals surface area contributed by atoms with Gasteiger partial charge in [-0.15, -0.1) is 0 Å². The van der Waals surface area contributed by atoms with Crippen LogP contribution in [0.2, 0.25) is 0 Å². The number of hydrogen-bond acceptors (Lipinski definition) is 3. The van der Waals surface area contributed by atoms with Crippen LogP contribution in [-0.4, -0.2) is 18.6 Å². The Bertz CT molecular complexity index is 528. The number of carbonyl (C=O) groups excluding carboxylic acids is 1. The van der Waals surface area contributed by atoms with Gasteiger partial charge in [-0.25, -0.2) is 0 Å². The first-order valence-electron chi connectivity index (χ1n) is 8.37. The lowest BCUT2D eigenvalue weighted by atomic mass is 9.98. The number of rotatable bonds is 6. The highest BCUT2D eigenvalue weighted by atomic mass is 16.5. The number of amides is 1. The second kappa shape index (κ2) is 7.14. The second-order valence-corrected chi connectivity index (χ2v) is 6.34. The number of benzene rings is 1. The van der Waals surface area contributed by atoms with Gasteiger partial charge in [0.2, 0.25) is 0 Å². The summed E-state index contributed by atoms with van der Waals surface area (Å²) < 4.78 is 5.92. The number of fused-ring (bicyclic) bond motifs is 1. The van der Waals surface area contributed by atoms with E-state index >= 15 is 0 Å². The lowest BCUT2D eigenvalue weighted by Gasteiger charge is -2.36. The minimum Gasteiger partial charge on any atom is -0.478 e. The van der Waals surface area contributed by atoms with Crippen molar-refractivity contribution in [3.8, 4) is 5.75 Å². The van der Waals surface area contributed by atoms with Gasteiger partial charge in [0.25, 0.3) is 5.91 Å². The Morgan fingerprint density at radius 2 is 2.05 bits per heavy atom. The molecule has 2 atom stereocenters. The summed E-state index contributed by atoms with van der Waals surface area (Å²) in [6.07, 6.45) is 2.81. The highest BCUT2D eigenvalue weighted by molar-refractivity contribution is 6.00. The van der Waals surface area contributed by atoms with Gasteiger partial charge in [-0.3, -0.25) is 4.79 Å². The summed E-state index contributed by atoms with van der Waals surface area (Å²) >= 11 is 0. The minimum absolute atomic E-state index is 0.0156. The molecule has 4 heteroatoms. The second-order valence-electron chi connectivity index (χ2n) is 6.34. The summed E-state index contributed by atoms with van der Waals surface area (Å²) in [5.41, 5.74) is 8.20. The van der Waals surface area contributed by atoms with Crippen molar-refractivity contribution >= 4 is 11.6 Å². The van der Waals surface area contributed by atoms with Gasteiger partial charge in [-0.2, -0.15) is 0 Å². The number of ether oxygens (including phenoxy) is 1. The van der Waals surface area contributed by atoms with Crippen molar-refractivity contribution in [3.05, 3.63) is 23.8 Å². The molecule has 1 aliphatic heterocycles. The monoisotopic (exact) mass is 304 g/mol. The van der Waals surface area contributed by atoms with Gasteiger partial charge < -0.3 is 15.4 Å². The van der Waals surface area contributed by atoms with Crippen LogP contribution in [0.3, 0.4) is 0 Å². The van der Waals surface area contributed by atoms with E-state index in [1.54, 1.807) is 0 Å². The maximum atomic E-state index is 12.6. The molecule has 4 nitrogen and oxygen atoms in total. The summed E-state index contributed by atoms with van der Waals surface area (Å²) in [6, 6.07) is 6.02. The molecule has 2 rings (SSSR count). The van der Waals surface area contributed by atoms with Gasteiger partial charge in [0.1, 0.15) is 5.75 Å². The predicted molar refractivity (Wildman–Crippen MR) is 90.2 cm³/mol. The van der Waals surface area contributed by atoms with Crippen LogP contribution >= 0.6 is 0 Å². The van der Waals surface area contributed by atoms with E-state index in [9.17, 15) is 4.79 Å². The van der Waals surface area contributed by atoms with Crippen LogP contribution < -0.4 is 15.4 Å². The SMILES string of the molecule is CCCCC(N)c1ccc2c(c1)N(CC)C(=O)C(C(C)C)O2. The highest BCUT2D eigenvalue weighted by Gasteiger charge is 2.35. The molecule has 1 aromatic rings. The van der Waals surface area contributed by atoms with E-state index in [4.69, 9.17) is 10.5 Å². The first-order valence-corrected chi connectivity index (χ1v) is 8.37. The molecule has 1 amide bonds. The normalized spacial score (nSPS) is 19.1. The molecule has 2 unspecified atom stereocenters. The van der Waals surface area contributed by atoms with Gasteiger partial charge >= 0.3 is 0 Å². The number of hydrogen-bond donors (Lipinski definition) is 1. The Morgan fingerprint density at radius 3 is 2.64 bits per heavy atom. The lowest BCUT2D eigenvalue weighted by molar-refractivity contribution is -0.128. The van der Waals surface area contributed by atoms with Crippen molar-refractivity contribution in [2.24, 2.45) is 11.7 Å². The molecule has 122 valence electrons. The Kier molecular flexibility index (Phi) is 5.46. The van der Waals surface area contributed by atoms with Gasteiger partial charge in [-0.05, 0) is 37.0 Å². The van der Waals surface area contributed by atoms with Crippen molar-refractivity contribution in [1.29, 1.82) is 0 Å². The zero-order chi connectivity index (χ0) is 16.3. The van der Waals surface area contributed by atoms with Gasteiger partial charge in [-0.1, -0.05) is 39.7 Å². The van der Waals surface area contributed by atoms with Crippen LogP contribution in [0.4, 0.5) is 5.69 Å². The van der Waals surface area contributed by atoms with Crippen LogP contribution in [0.5, 0.6) is 5.75 Å². The third kappa shape index (κ3) is 3.27. The van der Waals surface area contributed by atoms with Gasteiger partial charge in [0, 0.05) is 12.6 Å². The zero-order valence-electron chi connectivity index (χ0n) is 14.1. The largest absolute Gasteiger partial charge is 0.478 e. The fourth-order valence-corrected chi connectivity index (χ4v) is 2.87. The molecule has 0 aliphatic carbocycles. The van der Waals surface area contributed by atoms with Crippen LogP contribution in [0.15, 0.2) is 18.2 Å². The van der Waals surface area contributed by atoms with E-state index in [-0.39, 0.29) is 17.9 Å². The molecule has 0 aromatic heterocycles. The number of nitrogens with two attached hydrogens (primary N) is 1. The highest BCUT2D eigenvalue weighted by Crippen LogP contribution is 2.37. The van der Waals surface area contributed by atoms with E-state index < -0.39 is 6.10 Å². The number of nitrogens with zero attached hydrogens (tertiary/aromatic N) is 1. The van der Waals surface area contributed by atoms with E-state index in [1.165, 1.54) is 0 Å². The van der Waals surface area contributed by atoms with E-state index in [0.717, 1.165) is 36.3 Å². The van der Waals surface area contributed by atoms with Crippen molar-refractivity contribution in [3.63, 3.8) is 0 Å². The molecule has 0 saturated heterocycles. The van der Waals surface area contributed by atoms with Crippen molar-refractivity contribution in [2.75, 3.05) is 11.4 Å². The quantitative estimate of drug-likeness (QED) is 0.873. The Morgan fingerprint density at radius 1 is 1.32 bits per heavy atom. The molecule has 2 N–H and O–H groups in total. The van der Waals surface area contributed by atoms with Crippen molar-refractivity contribution < 1.29 is 9.53 Å². The van der Waals surface area contributed by atoms with E-state index in [2.05, 4.69) is 6.92 Å². The molecule has 1 aromatic carbocycles. The van der Waals surface area contributed by atoms with Crippen LogP contribution in [0.1, 0.15) is 58.6 Å². The van der Waals surface area contributed by atoms with E-state index in [0.29, 0.717) is 6.54 Å². The van der Waals surface area contributed by atoms with Crippen LogP contribution in [-0.2, 0) is 4.79 Å². The van der Waals surface area contributed by atoms with Crippen molar-refractivity contribution in [2.45, 2.75) is 59.1 Å². The summed E-state index contributed by atoms with van der Waals surface area (Å²) in [4.78, 5) is 14.4. The Balaban J connectivity index is 2.32. The lowest BCUT2D eigenvalue weighted by Crippen LogP contribution is -2.48. The molecule has 1 aliphatic rings. The molecular weight excluding hydrogens is 276 g/mol. The standard InChI is InChI=1S/C18H28N2O2/c1-5-7-8-14(19)13-9-10-16-15(11-13)20(6-2)18(21)17(22-16)12(3)4/h9-12,14,17H,5-8,19H2,1-4H3. The average molecular weight is 304 g/mol. The molecule has 0 spiro atoms. The first kappa shape index (κ1) is 16.8. The topological polar surface area (TPSA) is 55.6 Å². The van der Waals surface area contributed by atoms with Crippen molar-refractivity contribution in [1.82, 2.24) is 0 Å². The smallest absolute Gasteiger partial charge is 0.268 e. The maximum absolute atomic E-state index is 12.6. The third-order valence-electron chi connectivity index (χ3n) is 4.26. The summed E-state index contributed by atoms with van der Waals surface area (Å²) in [6.45, 7) is 8.82. The number of anilines is 1. The summed E-state index contributed by atoms with van der Waals surface area (Å²) in [5.74, 6) is 0.983. The number of unbranched alkanes of at least 4 members (excludes halogenated alkanes) is 1. The fraction of sp³-hybridized carbons (Fsp3) is 0.611. The average Bonchev–Trinajstić information content (AvgIpc) is 2.51. The number of likely N-dealkylation sites (N-methyl/N-ethyl adjacent to an activating group) is 1. The minimum atomic E-state index is -0.396. The fourth-order valence-electron chi connectivity index (χ4n) is 2.87. The van der Waals surface area contributed by atoms with Gasteiger partial charge in [0.15, 0.2) is 6.10 Å². The summed E-state index contributed by atoms with van der Waals surface area (Å²) in [5, 5.41) is 0. The Labute approximate surface area is 133 Å². The predicted octanol–water partition coefficient (Wildman–Crippen LogP) is 3.65. The molecular formula is C18H28N2O2. The molecule has 0 radical (unpaired) electrons. The van der Waals surface area contributed by atoms with Crippen LogP contribution in [0, 0.1) is 5.92 Å². The maximum Gasteiger partial charge on any atom is 0.268 e. The summed E-state index contributed by atoms with van der Waals surface area (Å²) in [7, 11) is 0. The molecule has 0 fully saturated rings. The first-order chi connectivity index (χ1) is 10.5. The number of carbonyl (C=O) groups is 1. The Hall–Kier alpha value is -1.55.